The number of benzene rings is 1. The van der Waals surface area contributed by atoms with Gasteiger partial charge in [0.25, 0.3) is 0 Å². The third-order valence-electron chi connectivity index (χ3n) is 5.00. The molecule has 1 aromatic carbocycles. The van der Waals surface area contributed by atoms with Crippen LogP contribution in [0.3, 0.4) is 0 Å². The van der Waals surface area contributed by atoms with E-state index < -0.39 is 0 Å². The number of pyridine rings is 1. The van der Waals surface area contributed by atoms with Crippen LogP contribution in [0.2, 0.25) is 0 Å². The van der Waals surface area contributed by atoms with Gasteiger partial charge in [-0.2, -0.15) is 0 Å². The summed E-state index contributed by atoms with van der Waals surface area (Å²) in [5.41, 5.74) is 7.95. The van der Waals surface area contributed by atoms with Crippen molar-refractivity contribution in [2.75, 3.05) is 43.4 Å². The van der Waals surface area contributed by atoms with Gasteiger partial charge in [-0.25, -0.2) is 15.0 Å². The molecule has 0 bridgehead atoms. The Labute approximate surface area is 164 Å². The van der Waals surface area contributed by atoms with Crippen LogP contribution in [0.4, 0.5) is 17.2 Å². The van der Waals surface area contributed by atoms with E-state index >= 15 is 0 Å². The molecule has 0 spiro atoms. The van der Waals surface area contributed by atoms with Crippen molar-refractivity contribution in [2.45, 2.75) is 13.5 Å². The molecule has 0 unspecified atom stereocenters. The van der Waals surface area contributed by atoms with E-state index in [0.29, 0.717) is 12.2 Å². The fraction of sp³-hybridized carbons (Fsp3) is 0.350. The number of nitrogens with one attached hydrogen (secondary N) is 2. The lowest BCUT2D eigenvalue weighted by Gasteiger charge is -2.33. The van der Waals surface area contributed by atoms with Gasteiger partial charge in [0, 0.05) is 31.9 Å². The summed E-state index contributed by atoms with van der Waals surface area (Å²) in [4.78, 5) is 18.7. The van der Waals surface area contributed by atoms with Crippen molar-refractivity contribution in [2.24, 2.45) is 5.84 Å². The Morgan fingerprint density at radius 1 is 1.07 bits per heavy atom. The lowest BCUT2D eigenvalue weighted by atomic mass is 10.2. The van der Waals surface area contributed by atoms with Crippen LogP contribution in [0, 0.1) is 6.92 Å². The van der Waals surface area contributed by atoms with E-state index in [0.717, 1.165) is 54.6 Å². The normalized spacial score (nSPS) is 15.2. The smallest absolute Gasteiger partial charge is 0.182 e. The van der Waals surface area contributed by atoms with E-state index in [1.165, 1.54) is 5.56 Å². The molecule has 1 fully saturated rings. The van der Waals surface area contributed by atoms with Crippen LogP contribution in [0.15, 0.2) is 36.5 Å². The second-order valence-electron chi connectivity index (χ2n) is 7.22. The molecule has 0 amide bonds. The van der Waals surface area contributed by atoms with Gasteiger partial charge < -0.3 is 15.1 Å². The zero-order valence-electron chi connectivity index (χ0n) is 16.3. The van der Waals surface area contributed by atoms with Gasteiger partial charge in [-0.15, -0.1) is 0 Å². The molecule has 3 heterocycles. The fourth-order valence-corrected chi connectivity index (χ4v) is 3.31. The minimum atomic E-state index is 0.457. The first-order chi connectivity index (χ1) is 13.6. The average molecular weight is 378 g/mol. The van der Waals surface area contributed by atoms with Crippen molar-refractivity contribution < 1.29 is 0 Å². The van der Waals surface area contributed by atoms with Crippen molar-refractivity contribution in [1.29, 1.82) is 0 Å². The lowest BCUT2D eigenvalue weighted by Crippen LogP contribution is -2.44. The second-order valence-corrected chi connectivity index (χ2v) is 7.22. The van der Waals surface area contributed by atoms with E-state index in [4.69, 9.17) is 15.8 Å². The number of aromatic nitrogens is 3. The number of aryl methyl sites for hydroxylation is 1. The van der Waals surface area contributed by atoms with Crippen LogP contribution in [0.5, 0.6) is 0 Å². The number of hydrogen-bond acceptors (Lipinski definition) is 8. The van der Waals surface area contributed by atoms with Crippen molar-refractivity contribution in [3.05, 3.63) is 47.8 Å². The maximum absolute atomic E-state index is 5.52. The molecule has 8 nitrogen and oxygen atoms in total. The molecule has 28 heavy (non-hydrogen) atoms. The Hall–Kier alpha value is -2.81. The van der Waals surface area contributed by atoms with Gasteiger partial charge in [-0.1, -0.05) is 17.7 Å². The fourth-order valence-electron chi connectivity index (χ4n) is 3.31. The van der Waals surface area contributed by atoms with E-state index in [1.54, 1.807) is 0 Å². The van der Waals surface area contributed by atoms with E-state index in [1.807, 2.05) is 12.3 Å². The number of fused-ring (bicyclic) bond motifs is 1. The molecule has 4 rings (SSSR count). The summed E-state index contributed by atoms with van der Waals surface area (Å²) in [5.74, 6) is 6.39. The Morgan fingerprint density at radius 2 is 1.82 bits per heavy atom. The molecule has 0 saturated carbocycles. The van der Waals surface area contributed by atoms with E-state index in [2.05, 4.69) is 63.8 Å². The molecule has 1 saturated heterocycles. The van der Waals surface area contributed by atoms with Crippen LogP contribution < -0.4 is 21.5 Å². The summed E-state index contributed by atoms with van der Waals surface area (Å²) in [6, 6.07) is 10.2. The van der Waals surface area contributed by atoms with Crippen LogP contribution in [-0.4, -0.2) is 53.1 Å². The predicted molar refractivity (Wildman–Crippen MR) is 113 cm³/mol. The molecule has 2 aromatic heterocycles. The van der Waals surface area contributed by atoms with E-state index in [-0.39, 0.29) is 0 Å². The number of nitrogens with zero attached hydrogens (tertiary/aromatic N) is 5. The molecule has 3 aromatic rings. The Morgan fingerprint density at radius 3 is 2.54 bits per heavy atom. The molecule has 0 aliphatic carbocycles. The van der Waals surface area contributed by atoms with Crippen molar-refractivity contribution in [3.8, 4) is 0 Å². The molecular weight excluding hydrogens is 352 g/mol. The average Bonchev–Trinajstić information content (AvgIpc) is 2.70. The summed E-state index contributed by atoms with van der Waals surface area (Å²) < 4.78 is 0. The maximum Gasteiger partial charge on any atom is 0.182 e. The van der Waals surface area contributed by atoms with Crippen LogP contribution in [0.1, 0.15) is 11.3 Å². The quantitative estimate of drug-likeness (QED) is 0.457. The standard InChI is InChI=1S/C20H26N8/c1-14-3-5-15(6-4-14)24-17-11-16(12-23-21)25-20-19(17)22-13-18(26-20)28-9-7-27(2)8-10-28/h3-6,11,13,23H,7-10,12,21H2,1-2H3,(H,24,25,26). The van der Waals surface area contributed by atoms with Crippen molar-refractivity contribution >= 4 is 28.4 Å². The largest absolute Gasteiger partial charge is 0.354 e. The number of likely N-dealkylation sites (N-methyl/N-ethyl adjacent to an activating group) is 1. The second kappa shape index (κ2) is 8.05. The van der Waals surface area contributed by atoms with Crippen LogP contribution in [-0.2, 0) is 6.54 Å². The van der Waals surface area contributed by atoms with Gasteiger partial charge in [0.05, 0.1) is 24.1 Å². The van der Waals surface area contributed by atoms with Gasteiger partial charge in [-0.3, -0.25) is 11.3 Å². The number of hydrazine groups is 1. The first kappa shape index (κ1) is 18.5. The van der Waals surface area contributed by atoms with Gasteiger partial charge in [0.15, 0.2) is 5.65 Å². The highest BCUT2D eigenvalue weighted by Gasteiger charge is 2.17. The molecule has 1 aliphatic heterocycles. The highest BCUT2D eigenvalue weighted by molar-refractivity contribution is 5.88. The maximum atomic E-state index is 5.52. The molecule has 0 radical (unpaired) electrons. The SMILES string of the molecule is Cc1ccc(Nc2cc(CNN)nc3nc(N4CCN(C)CC4)cnc23)cc1. The van der Waals surface area contributed by atoms with Gasteiger partial charge in [0.2, 0.25) is 0 Å². The highest BCUT2D eigenvalue weighted by Crippen LogP contribution is 2.26. The van der Waals surface area contributed by atoms with Gasteiger partial charge in [-0.05, 0) is 32.2 Å². The first-order valence-electron chi connectivity index (χ1n) is 9.50. The number of rotatable bonds is 5. The topological polar surface area (TPSA) is 95.2 Å². The van der Waals surface area contributed by atoms with Crippen LogP contribution >= 0.6 is 0 Å². The number of anilines is 3. The third kappa shape index (κ3) is 4.04. The molecule has 8 heteroatoms. The molecule has 1 aliphatic rings. The minimum absolute atomic E-state index is 0.457. The molecule has 4 N–H and O–H groups in total. The molecule has 146 valence electrons. The third-order valence-corrected chi connectivity index (χ3v) is 5.00. The minimum Gasteiger partial charge on any atom is -0.354 e. The summed E-state index contributed by atoms with van der Waals surface area (Å²) >= 11 is 0. The zero-order valence-corrected chi connectivity index (χ0v) is 16.3. The van der Waals surface area contributed by atoms with E-state index in [9.17, 15) is 0 Å². The Kier molecular flexibility index (Phi) is 5.34. The first-order valence-corrected chi connectivity index (χ1v) is 9.50. The van der Waals surface area contributed by atoms with Gasteiger partial charge in [0.1, 0.15) is 11.3 Å². The number of piperazine rings is 1. The zero-order chi connectivity index (χ0) is 19.5. The molecular formula is C20H26N8. The number of hydrogen-bond donors (Lipinski definition) is 3. The van der Waals surface area contributed by atoms with Gasteiger partial charge >= 0.3 is 0 Å². The number of nitrogens with two attached hydrogens (primary N) is 1. The summed E-state index contributed by atoms with van der Waals surface area (Å²) in [6.45, 7) is 6.44. The Bertz CT molecular complexity index is 948. The monoisotopic (exact) mass is 378 g/mol. The molecule has 0 atom stereocenters. The highest BCUT2D eigenvalue weighted by atomic mass is 15.3. The summed E-state index contributed by atoms with van der Waals surface area (Å²) in [6.07, 6.45) is 1.84. The predicted octanol–water partition coefficient (Wildman–Crippen LogP) is 1.79. The summed E-state index contributed by atoms with van der Waals surface area (Å²) in [5, 5.41) is 3.45. The Balaban J connectivity index is 1.70. The van der Waals surface area contributed by atoms with Crippen molar-refractivity contribution in [3.63, 3.8) is 0 Å². The van der Waals surface area contributed by atoms with Crippen LogP contribution in [0.25, 0.3) is 11.2 Å². The lowest BCUT2D eigenvalue weighted by molar-refractivity contribution is 0.312. The van der Waals surface area contributed by atoms with Crippen molar-refractivity contribution in [1.82, 2.24) is 25.3 Å². The summed E-state index contributed by atoms with van der Waals surface area (Å²) in [7, 11) is 2.14.